The Labute approximate surface area is 118 Å². The van der Waals surface area contributed by atoms with E-state index < -0.39 is 0 Å². The fraction of sp³-hybridized carbons (Fsp3) is 0.250. The molecule has 0 radical (unpaired) electrons. The van der Waals surface area contributed by atoms with Gasteiger partial charge in [-0.2, -0.15) is 5.26 Å². The summed E-state index contributed by atoms with van der Waals surface area (Å²) in [5.74, 6) is -0.316. The third kappa shape index (κ3) is 2.89. The van der Waals surface area contributed by atoms with Crippen molar-refractivity contribution in [2.75, 3.05) is 6.61 Å². The SMILES string of the molecule is CCOC(=O)c1cccn1Cc1ccc(C#N)cc1C. The maximum atomic E-state index is 11.8. The van der Waals surface area contributed by atoms with Crippen molar-refractivity contribution >= 4 is 5.97 Å². The smallest absolute Gasteiger partial charge is 0.354 e. The van der Waals surface area contributed by atoms with E-state index in [1.807, 2.05) is 35.9 Å². The first kappa shape index (κ1) is 13.9. The molecule has 1 heterocycles. The Morgan fingerprint density at radius 1 is 1.40 bits per heavy atom. The molecule has 2 aromatic rings. The predicted octanol–water partition coefficient (Wildman–Crippen LogP) is 2.89. The van der Waals surface area contributed by atoms with Crippen molar-refractivity contribution in [2.45, 2.75) is 20.4 Å². The Morgan fingerprint density at radius 2 is 2.20 bits per heavy atom. The van der Waals surface area contributed by atoms with E-state index in [0.717, 1.165) is 11.1 Å². The van der Waals surface area contributed by atoms with Crippen molar-refractivity contribution in [3.05, 3.63) is 58.9 Å². The summed E-state index contributed by atoms with van der Waals surface area (Å²) in [7, 11) is 0. The van der Waals surface area contributed by atoms with Crippen LogP contribution in [0.4, 0.5) is 0 Å². The van der Waals surface area contributed by atoms with Crippen LogP contribution >= 0.6 is 0 Å². The largest absolute Gasteiger partial charge is 0.461 e. The molecular formula is C16H16N2O2. The number of rotatable bonds is 4. The van der Waals surface area contributed by atoms with Gasteiger partial charge in [0.1, 0.15) is 5.69 Å². The third-order valence-corrected chi connectivity index (χ3v) is 3.13. The van der Waals surface area contributed by atoms with E-state index in [2.05, 4.69) is 6.07 Å². The van der Waals surface area contributed by atoms with Crippen LogP contribution in [0.1, 0.15) is 34.1 Å². The van der Waals surface area contributed by atoms with Crippen molar-refractivity contribution in [2.24, 2.45) is 0 Å². The highest BCUT2D eigenvalue weighted by Gasteiger charge is 2.12. The number of hydrogen-bond donors (Lipinski definition) is 0. The lowest BCUT2D eigenvalue weighted by molar-refractivity contribution is 0.0514. The van der Waals surface area contributed by atoms with Gasteiger partial charge in [0.2, 0.25) is 0 Å². The second-order valence-electron chi connectivity index (χ2n) is 4.49. The van der Waals surface area contributed by atoms with Crippen molar-refractivity contribution in [3.8, 4) is 6.07 Å². The van der Waals surface area contributed by atoms with Gasteiger partial charge in [-0.1, -0.05) is 6.07 Å². The fourth-order valence-corrected chi connectivity index (χ4v) is 2.07. The van der Waals surface area contributed by atoms with Crippen LogP contribution < -0.4 is 0 Å². The maximum absolute atomic E-state index is 11.8. The minimum atomic E-state index is -0.316. The zero-order valence-electron chi connectivity index (χ0n) is 11.6. The molecule has 4 heteroatoms. The van der Waals surface area contributed by atoms with Gasteiger partial charge in [0, 0.05) is 12.7 Å². The average Bonchev–Trinajstić information content (AvgIpc) is 2.89. The first-order chi connectivity index (χ1) is 9.65. The van der Waals surface area contributed by atoms with E-state index >= 15 is 0 Å². The lowest BCUT2D eigenvalue weighted by Gasteiger charge is -2.11. The molecule has 0 bridgehead atoms. The van der Waals surface area contributed by atoms with Crippen molar-refractivity contribution < 1.29 is 9.53 Å². The van der Waals surface area contributed by atoms with Gasteiger partial charge in [-0.05, 0) is 49.2 Å². The summed E-state index contributed by atoms with van der Waals surface area (Å²) < 4.78 is 6.88. The molecule has 20 heavy (non-hydrogen) atoms. The number of carbonyl (C=O) groups excluding carboxylic acids is 1. The molecule has 4 nitrogen and oxygen atoms in total. The highest BCUT2D eigenvalue weighted by molar-refractivity contribution is 5.87. The molecule has 0 unspecified atom stereocenters. The van der Waals surface area contributed by atoms with Gasteiger partial charge < -0.3 is 9.30 Å². The molecule has 0 saturated carbocycles. The molecule has 0 amide bonds. The standard InChI is InChI=1S/C16H16N2O2/c1-3-20-16(19)15-5-4-8-18(15)11-14-7-6-13(10-17)9-12(14)2/h4-9H,3,11H2,1-2H3. The van der Waals surface area contributed by atoms with Crippen LogP contribution in [0.25, 0.3) is 0 Å². The Balaban J connectivity index is 2.25. The van der Waals surface area contributed by atoms with E-state index in [-0.39, 0.29) is 5.97 Å². The number of benzene rings is 1. The first-order valence-corrected chi connectivity index (χ1v) is 6.47. The molecule has 102 valence electrons. The van der Waals surface area contributed by atoms with E-state index in [1.165, 1.54) is 0 Å². The molecule has 2 rings (SSSR count). The van der Waals surface area contributed by atoms with Crippen LogP contribution in [0, 0.1) is 18.3 Å². The lowest BCUT2D eigenvalue weighted by Crippen LogP contribution is -2.12. The zero-order valence-corrected chi connectivity index (χ0v) is 11.6. The second-order valence-corrected chi connectivity index (χ2v) is 4.49. The van der Waals surface area contributed by atoms with Gasteiger partial charge in [0.05, 0.1) is 18.2 Å². The molecule has 0 aliphatic heterocycles. The zero-order chi connectivity index (χ0) is 14.5. The molecule has 0 N–H and O–H groups in total. The highest BCUT2D eigenvalue weighted by atomic mass is 16.5. The Kier molecular flexibility index (Phi) is 4.21. The van der Waals surface area contributed by atoms with Crippen molar-refractivity contribution in [1.29, 1.82) is 5.26 Å². The van der Waals surface area contributed by atoms with E-state index in [1.54, 1.807) is 19.1 Å². The first-order valence-electron chi connectivity index (χ1n) is 6.47. The quantitative estimate of drug-likeness (QED) is 0.801. The molecule has 0 aliphatic carbocycles. The fourth-order valence-electron chi connectivity index (χ4n) is 2.07. The van der Waals surface area contributed by atoms with Crippen LogP contribution in [-0.2, 0) is 11.3 Å². The summed E-state index contributed by atoms with van der Waals surface area (Å²) in [6.45, 7) is 4.69. The van der Waals surface area contributed by atoms with Crippen molar-refractivity contribution in [1.82, 2.24) is 4.57 Å². The van der Waals surface area contributed by atoms with Crippen molar-refractivity contribution in [3.63, 3.8) is 0 Å². The number of esters is 1. The minimum Gasteiger partial charge on any atom is -0.461 e. The summed E-state index contributed by atoms with van der Waals surface area (Å²) in [6.07, 6.45) is 1.85. The van der Waals surface area contributed by atoms with Gasteiger partial charge in [0.25, 0.3) is 0 Å². The average molecular weight is 268 g/mol. The summed E-state index contributed by atoms with van der Waals surface area (Å²) in [5, 5.41) is 8.87. The monoisotopic (exact) mass is 268 g/mol. The van der Waals surface area contributed by atoms with Crippen LogP contribution in [0.2, 0.25) is 0 Å². The van der Waals surface area contributed by atoms with Crippen LogP contribution in [0.3, 0.4) is 0 Å². The van der Waals surface area contributed by atoms with Gasteiger partial charge in [-0.3, -0.25) is 0 Å². The summed E-state index contributed by atoms with van der Waals surface area (Å²) in [5.41, 5.74) is 3.29. The number of aromatic nitrogens is 1. The number of carbonyl (C=O) groups is 1. The number of aryl methyl sites for hydroxylation is 1. The maximum Gasteiger partial charge on any atom is 0.354 e. The number of hydrogen-bond acceptors (Lipinski definition) is 3. The Morgan fingerprint density at radius 3 is 2.85 bits per heavy atom. The number of nitriles is 1. The molecule has 0 atom stereocenters. The van der Waals surface area contributed by atoms with E-state index in [0.29, 0.717) is 24.4 Å². The summed E-state index contributed by atoms with van der Waals surface area (Å²) >= 11 is 0. The van der Waals surface area contributed by atoms with E-state index in [9.17, 15) is 4.79 Å². The molecular weight excluding hydrogens is 252 g/mol. The topological polar surface area (TPSA) is 55.0 Å². The number of nitrogens with zero attached hydrogens (tertiary/aromatic N) is 2. The second kappa shape index (κ2) is 6.07. The lowest BCUT2D eigenvalue weighted by atomic mass is 10.1. The Bertz CT molecular complexity index is 665. The summed E-state index contributed by atoms with van der Waals surface area (Å²) in [6, 6.07) is 11.2. The normalized spacial score (nSPS) is 10.1. The molecule has 0 spiro atoms. The minimum absolute atomic E-state index is 0.316. The van der Waals surface area contributed by atoms with Crippen LogP contribution in [-0.4, -0.2) is 17.1 Å². The van der Waals surface area contributed by atoms with Crippen LogP contribution in [0.15, 0.2) is 36.5 Å². The van der Waals surface area contributed by atoms with E-state index in [4.69, 9.17) is 10.00 Å². The van der Waals surface area contributed by atoms with Crippen LogP contribution in [0.5, 0.6) is 0 Å². The highest BCUT2D eigenvalue weighted by Crippen LogP contribution is 2.14. The molecule has 1 aromatic carbocycles. The van der Waals surface area contributed by atoms with Gasteiger partial charge >= 0.3 is 5.97 Å². The third-order valence-electron chi connectivity index (χ3n) is 3.13. The Hall–Kier alpha value is -2.54. The predicted molar refractivity (Wildman–Crippen MR) is 75.4 cm³/mol. The number of ether oxygens (including phenoxy) is 1. The van der Waals surface area contributed by atoms with Gasteiger partial charge in [-0.15, -0.1) is 0 Å². The summed E-state index contributed by atoms with van der Waals surface area (Å²) in [4.78, 5) is 11.8. The molecule has 1 aromatic heterocycles. The van der Waals surface area contributed by atoms with Gasteiger partial charge in [-0.25, -0.2) is 4.79 Å². The van der Waals surface area contributed by atoms with Gasteiger partial charge in [0.15, 0.2) is 0 Å². The molecule has 0 aliphatic rings. The molecule has 0 fully saturated rings. The molecule has 0 saturated heterocycles.